The average molecular weight is 539 g/mol. The van der Waals surface area contributed by atoms with Gasteiger partial charge in [0.05, 0.1) is 20.4 Å². The smallest absolute Gasteiger partial charge is 0.243 e. The molecule has 9 heteroatoms. The quantitative estimate of drug-likeness (QED) is 0.262. The number of halogens is 1. The van der Waals surface area contributed by atoms with Crippen molar-refractivity contribution in [3.63, 3.8) is 0 Å². The summed E-state index contributed by atoms with van der Waals surface area (Å²) < 4.78 is 13.2. The van der Waals surface area contributed by atoms with Crippen LogP contribution >= 0.6 is 15.9 Å². The Bertz CT molecular complexity index is 1190. The number of hydrogen-bond donors (Lipinski definition) is 1. The molecule has 0 saturated carbocycles. The Morgan fingerprint density at radius 2 is 1.54 bits per heavy atom. The summed E-state index contributed by atoms with van der Waals surface area (Å²) in [4.78, 5) is 11.8. The van der Waals surface area contributed by atoms with Gasteiger partial charge in [-0.2, -0.15) is 9.50 Å². The summed E-state index contributed by atoms with van der Waals surface area (Å²) in [5.74, 6) is 2.98. The van der Waals surface area contributed by atoms with Crippen molar-refractivity contribution in [3.05, 3.63) is 70.5 Å². The van der Waals surface area contributed by atoms with Crippen LogP contribution in [0.25, 0.3) is 5.65 Å². The summed E-state index contributed by atoms with van der Waals surface area (Å²) in [7, 11) is 3.35. The Hall–Kier alpha value is -3.33. The van der Waals surface area contributed by atoms with Gasteiger partial charge in [0.25, 0.3) is 0 Å². The highest BCUT2D eigenvalue weighted by Gasteiger charge is 2.20. The summed E-state index contributed by atoms with van der Waals surface area (Å²) in [5, 5.41) is 8.14. The van der Waals surface area contributed by atoms with Gasteiger partial charge in [-0.15, -0.1) is 5.10 Å². The van der Waals surface area contributed by atoms with Crippen molar-refractivity contribution in [1.82, 2.24) is 19.6 Å². The molecule has 8 nitrogen and oxygen atoms in total. The van der Waals surface area contributed by atoms with Crippen molar-refractivity contribution in [2.75, 3.05) is 24.4 Å². The van der Waals surface area contributed by atoms with Crippen molar-refractivity contribution in [3.8, 4) is 11.5 Å². The number of ether oxygens (including phenoxy) is 2. The lowest BCUT2D eigenvalue weighted by Crippen LogP contribution is -2.26. The molecule has 0 aliphatic carbocycles. The number of anilines is 2. The number of hydrogen-bond acceptors (Lipinski definition) is 7. The number of aromatic nitrogens is 4. The molecular weight excluding hydrogens is 508 g/mol. The summed E-state index contributed by atoms with van der Waals surface area (Å²) in [5.41, 5.74) is 2.96. The normalized spacial score (nSPS) is 11.9. The van der Waals surface area contributed by atoms with E-state index in [0.717, 1.165) is 45.9 Å². The molecule has 184 valence electrons. The zero-order chi connectivity index (χ0) is 24.8. The molecule has 1 N–H and O–H groups in total. The van der Waals surface area contributed by atoms with E-state index < -0.39 is 0 Å². The van der Waals surface area contributed by atoms with Gasteiger partial charge in [-0.25, -0.2) is 4.98 Å². The van der Waals surface area contributed by atoms with Crippen LogP contribution in [0.3, 0.4) is 0 Å². The molecule has 0 bridgehead atoms. The third kappa shape index (κ3) is 6.03. The molecular formula is C26H31BrN6O2. The second kappa shape index (κ2) is 11.4. The zero-order valence-corrected chi connectivity index (χ0v) is 22.1. The Balaban J connectivity index is 1.75. The van der Waals surface area contributed by atoms with Crippen molar-refractivity contribution < 1.29 is 9.47 Å². The summed E-state index contributed by atoms with van der Waals surface area (Å²) in [6.45, 7) is 5.59. The van der Waals surface area contributed by atoms with E-state index in [9.17, 15) is 0 Å². The monoisotopic (exact) mass is 538 g/mol. The van der Waals surface area contributed by atoms with Crippen LogP contribution in [0.4, 0.5) is 11.8 Å². The highest BCUT2D eigenvalue weighted by molar-refractivity contribution is 9.10. The highest BCUT2D eigenvalue weighted by Crippen LogP contribution is 2.27. The summed E-state index contributed by atoms with van der Waals surface area (Å²) in [6, 6.07) is 16.4. The number of fused-ring (bicyclic) bond motifs is 1. The molecule has 0 saturated heterocycles. The van der Waals surface area contributed by atoms with Gasteiger partial charge in [0.1, 0.15) is 16.1 Å². The Kier molecular flexibility index (Phi) is 8.07. The van der Waals surface area contributed by atoms with Crippen LogP contribution in [0, 0.1) is 0 Å². The first-order chi connectivity index (χ1) is 17.0. The van der Waals surface area contributed by atoms with Crippen molar-refractivity contribution in [1.29, 1.82) is 0 Å². The fourth-order valence-corrected chi connectivity index (χ4v) is 4.30. The minimum Gasteiger partial charge on any atom is -0.497 e. The minimum atomic E-state index is 0.254. The predicted molar refractivity (Wildman–Crippen MR) is 142 cm³/mol. The molecule has 35 heavy (non-hydrogen) atoms. The first-order valence-electron chi connectivity index (χ1n) is 11.7. The molecule has 0 aliphatic rings. The van der Waals surface area contributed by atoms with Crippen LogP contribution in [0.1, 0.15) is 37.8 Å². The molecule has 0 spiro atoms. The van der Waals surface area contributed by atoms with E-state index in [0.29, 0.717) is 24.7 Å². The minimum absolute atomic E-state index is 0.254. The SMILES string of the molecule is CCC[C@H](C)Nc1nc(N(Cc2ccc(OC)cc2)Cc2ccc(OC)cc2)c2ncc(Br)n2n1. The van der Waals surface area contributed by atoms with E-state index >= 15 is 0 Å². The number of nitrogens with one attached hydrogen (secondary N) is 1. The van der Waals surface area contributed by atoms with Gasteiger partial charge in [0, 0.05) is 19.1 Å². The fourth-order valence-electron chi connectivity index (χ4n) is 3.95. The fraction of sp³-hybridized carbons (Fsp3) is 0.346. The van der Waals surface area contributed by atoms with E-state index in [1.54, 1.807) is 24.9 Å². The van der Waals surface area contributed by atoms with Gasteiger partial charge in [-0.05, 0) is 64.7 Å². The largest absolute Gasteiger partial charge is 0.497 e. The lowest BCUT2D eigenvalue weighted by Gasteiger charge is -2.25. The van der Waals surface area contributed by atoms with Gasteiger partial charge < -0.3 is 19.7 Å². The number of benzene rings is 2. The second-order valence-corrected chi connectivity index (χ2v) is 9.27. The number of methoxy groups -OCH3 is 2. The second-order valence-electron chi connectivity index (χ2n) is 8.46. The van der Waals surface area contributed by atoms with Crippen LogP contribution in [0.2, 0.25) is 0 Å². The lowest BCUT2D eigenvalue weighted by molar-refractivity contribution is 0.414. The van der Waals surface area contributed by atoms with Crippen LogP contribution in [-0.4, -0.2) is 39.8 Å². The number of imidazole rings is 1. The Labute approximate surface area is 214 Å². The lowest BCUT2D eigenvalue weighted by atomic mass is 10.1. The van der Waals surface area contributed by atoms with E-state index in [2.05, 4.69) is 74.3 Å². The summed E-state index contributed by atoms with van der Waals surface area (Å²) in [6.07, 6.45) is 3.87. The Morgan fingerprint density at radius 1 is 0.971 bits per heavy atom. The third-order valence-corrected chi connectivity index (χ3v) is 6.31. The maximum atomic E-state index is 5.34. The number of nitrogens with zero attached hydrogens (tertiary/aromatic N) is 5. The molecule has 4 rings (SSSR count). The first kappa shape index (κ1) is 24.8. The van der Waals surface area contributed by atoms with Gasteiger partial charge in [0.15, 0.2) is 11.5 Å². The highest BCUT2D eigenvalue weighted by atomic mass is 79.9. The summed E-state index contributed by atoms with van der Waals surface area (Å²) >= 11 is 3.58. The Morgan fingerprint density at radius 3 is 2.06 bits per heavy atom. The van der Waals surface area contributed by atoms with Gasteiger partial charge >= 0.3 is 0 Å². The molecule has 0 radical (unpaired) electrons. The van der Waals surface area contributed by atoms with Crippen molar-refractivity contribution in [2.45, 2.75) is 45.8 Å². The van der Waals surface area contributed by atoms with Crippen molar-refractivity contribution >= 4 is 33.3 Å². The molecule has 2 aromatic carbocycles. The van der Waals surface area contributed by atoms with Crippen LogP contribution in [0.15, 0.2) is 59.3 Å². The van der Waals surface area contributed by atoms with E-state index in [1.807, 2.05) is 24.3 Å². The van der Waals surface area contributed by atoms with E-state index in [4.69, 9.17) is 14.5 Å². The zero-order valence-electron chi connectivity index (χ0n) is 20.5. The standard InChI is InChI=1S/C26H31BrN6O2/c1-5-6-18(2)29-26-30-25(24-28-15-23(27)33(24)31-26)32(16-19-7-11-21(34-3)12-8-19)17-20-9-13-22(35-4)14-10-20/h7-15,18H,5-6,16-17H2,1-4H3,(H,29,31)/t18-/m0/s1. The van der Waals surface area contributed by atoms with Crippen LogP contribution in [0.5, 0.6) is 11.5 Å². The van der Waals surface area contributed by atoms with Gasteiger partial charge in [-0.3, -0.25) is 0 Å². The number of rotatable bonds is 11. The molecule has 0 aliphatic heterocycles. The molecule has 0 unspecified atom stereocenters. The van der Waals surface area contributed by atoms with E-state index in [1.165, 1.54) is 0 Å². The molecule has 4 aromatic rings. The molecule has 0 amide bonds. The molecule has 2 heterocycles. The van der Waals surface area contributed by atoms with Gasteiger partial charge in [-0.1, -0.05) is 37.6 Å². The average Bonchev–Trinajstić information content (AvgIpc) is 3.24. The predicted octanol–water partition coefficient (Wildman–Crippen LogP) is 5.71. The van der Waals surface area contributed by atoms with Crippen LogP contribution in [-0.2, 0) is 13.1 Å². The van der Waals surface area contributed by atoms with E-state index in [-0.39, 0.29) is 6.04 Å². The third-order valence-electron chi connectivity index (χ3n) is 5.76. The maximum Gasteiger partial charge on any atom is 0.243 e. The topological polar surface area (TPSA) is 76.8 Å². The van der Waals surface area contributed by atoms with Crippen molar-refractivity contribution in [2.24, 2.45) is 0 Å². The maximum absolute atomic E-state index is 5.34. The first-order valence-corrected chi connectivity index (χ1v) is 12.5. The molecule has 2 aromatic heterocycles. The molecule has 0 fully saturated rings. The molecule has 1 atom stereocenters. The van der Waals surface area contributed by atoms with Gasteiger partial charge in [0.2, 0.25) is 5.95 Å². The van der Waals surface area contributed by atoms with Crippen LogP contribution < -0.4 is 19.7 Å².